The van der Waals surface area contributed by atoms with E-state index >= 15 is 0 Å². The van der Waals surface area contributed by atoms with E-state index in [2.05, 4.69) is 26.1 Å². The molecule has 2 heterocycles. The third-order valence-corrected chi connectivity index (χ3v) is 4.47. The Morgan fingerprint density at radius 3 is 2.80 bits per heavy atom. The average Bonchev–Trinajstić information content (AvgIpc) is 2.53. The van der Waals surface area contributed by atoms with Crippen LogP contribution in [0.25, 0.3) is 0 Å². The van der Waals surface area contributed by atoms with Crippen LogP contribution in [-0.4, -0.2) is 25.8 Å². The zero-order chi connectivity index (χ0) is 10.9. The van der Waals surface area contributed by atoms with E-state index in [1.165, 1.54) is 32.4 Å². The molecule has 0 aromatic rings. The Bertz CT molecular complexity index is 217. The van der Waals surface area contributed by atoms with Gasteiger partial charge in [-0.05, 0) is 51.1 Å². The van der Waals surface area contributed by atoms with Gasteiger partial charge in [-0.3, -0.25) is 0 Å². The molecule has 3 unspecified atom stereocenters. The van der Waals surface area contributed by atoms with E-state index in [1.54, 1.807) is 0 Å². The molecule has 0 radical (unpaired) electrons. The Balaban J connectivity index is 2.11. The first-order chi connectivity index (χ1) is 7.15. The molecule has 0 saturated carbocycles. The number of nitrogens with one attached hydrogen (secondary N) is 1. The van der Waals surface area contributed by atoms with Crippen molar-refractivity contribution in [1.29, 1.82) is 0 Å². The molecule has 2 aliphatic heterocycles. The van der Waals surface area contributed by atoms with Gasteiger partial charge in [0.2, 0.25) is 0 Å². The predicted molar refractivity (Wildman–Crippen MR) is 62.9 cm³/mol. The monoisotopic (exact) mass is 211 g/mol. The van der Waals surface area contributed by atoms with Crippen LogP contribution in [0.15, 0.2) is 0 Å². The maximum Gasteiger partial charge on any atom is 0.0607 e. The largest absolute Gasteiger partial charge is 0.378 e. The highest BCUT2D eigenvalue weighted by Crippen LogP contribution is 2.48. The van der Waals surface area contributed by atoms with Crippen molar-refractivity contribution in [3.05, 3.63) is 0 Å². The van der Waals surface area contributed by atoms with Crippen molar-refractivity contribution in [3.63, 3.8) is 0 Å². The molecule has 0 amide bonds. The van der Waals surface area contributed by atoms with Crippen LogP contribution in [0.1, 0.15) is 40.0 Å². The maximum absolute atomic E-state index is 5.83. The molecule has 1 N–H and O–H groups in total. The van der Waals surface area contributed by atoms with E-state index < -0.39 is 0 Å². The van der Waals surface area contributed by atoms with Crippen LogP contribution < -0.4 is 5.32 Å². The van der Waals surface area contributed by atoms with Crippen molar-refractivity contribution in [2.45, 2.75) is 46.1 Å². The van der Waals surface area contributed by atoms with E-state index in [4.69, 9.17) is 4.74 Å². The van der Waals surface area contributed by atoms with Crippen LogP contribution in [0.3, 0.4) is 0 Å². The van der Waals surface area contributed by atoms with Crippen molar-refractivity contribution in [3.8, 4) is 0 Å². The van der Waals surface area contributed by atoms with Gasteiger partial charge in [-0.15, -0.1) is 0 Å². The summed E-state index contributed by atoms with van der Waals surface area (Å²) in [5, 5.41) is 3.56. The molecule has 3 atom stereocenters. The van der Waals surface area contributed by atoms with Gasteiger partial charge in [-0.1, -0.05) is 13.8 Å². The first-order valence-electron chi connectivity index (χ1n) is 6.47. The zero-order valence-corrected chi connectivity index (χ0v) is 10.4. The zero-order valence-electron chi connectivity index (χ0n) is 10.4. The Kier molecular flexibility index (Phi) is 3.36. The fourth-order valence-corrected chi connectivity index (χ4v) is 3.55. The van der Waals surface area contributed by atoms with E-state index in [-0.39, 0.29) is 0 Å². The minimum Gasteiger partial charge on any atom is -0.378 e. The van der Waals surface area contributed by atoms with E-state index in [1.807, 2.05) is 0 Å². The lowest BCUT2D eigenvalue weighted by Crippen LogP contribution is -2.49. The molecule has 0 aliphatic carbocycles. The fourth-order valence-electron chi connectivity index (χ4n) is 3.55. The van der Waals surface area contributed by atoms with Crippen LogP contribution in [0, 0.1) is 17.3 Å². The normalized spacial score (nSPS) is 41.6. The van der Waals surface area contributed by atoms with Crippen molar-refractivity contribution >= 4 is 0 Å². The van der Waals surface area contributed by atoms with Crippen molar-refractivity contribution < 1.29 is 4.74 Å². The fraction of sp³-hybridized carbons (Fsp3) is 1.00. The summed E-state index contributed by atoms with van der Waals surface area (Å²) >= 11 is 0. The lowest BCUT2D eigenvalue weighted by molar-refractivity contribution is 0.00191. The van der Waals surface area contributed by atoms with Gasteiger partial charge in [0.25, 0.3) is 0 Å². The molecule has 0 bridgehead atoms. The Morgan fingerprint density at radius 2 is 2.20 bits per heavy atom. The summed E-state index contributed by atoms with van der Waals surface area (Å²) in [4.78, 5) is 0. The number of ether oxygens (including phenoxy) is 1. The van der Waals surface area contributed by atoms with Crippen LogP contribution in [-0.2, 0) is 4.74 Å². The summed E-state index contributed by atoms with van der Waals surface area (Å²) < 4.78 is 5.83. The predicted octanol–water partition coefficient (Wildman–Crippen LogP) is 2.44. The summed E-state index contributed by atoms with van der Waals surface area (Å²) in [6, 6.07) is 0. The Morgan fingerprint density at radius 1 is 1.40 bits per heavy atom. The SMILES string of the molecule is CC(C)CC1CNCCC12CCOC2C. The van der Waals surface area contributed by atoms with Gasteiger partial charge < -0.3 is 10.1 Å². The summed E-state index contributed by atoms with van der Waals surface area (Å²) in [7, 11) is 0. The summed E-state index contributed by atoms with van der Waals surface area (Å²) in [6.45, 7) is 10.3. The highest BCUT2D eigenvalue weighted by atomic mass is 16.5. The van der Waals surface area contributed by atoms with Gasteiger partial charge in [0.1, 0.15) is 0 Å². The van der Waals surface area contributed by atoms with Crippen molar-refractivity contribution in [1.82, 2.24) is 5.32 Å². The number of piperidine rings is 1. The molecule has 0 aromatic carbocycles. The lowest BCUT2D eigenvalue weighted by atomic mass is 9.64. The quantitative estimate of drug-likeness (QED) is 0.757. The number of hydrogen-bond acceptors (Lipinski definition) is 2. The number of hydrogen-bond donors (Lipinski definition) is 1. The molecule has 2 heteroatoms. The highest BCUT2D eigenvalue weighted by molar-refractivity contribution is 4.98. The van der Waals surface area contributed by atoms with Gasteiger partial charge in [0, 0.05) is 12.0 Å². The van der Waals surface area contributed by atoms with Crippen LogP contribution in [0.4, 0.5) is 0 Å². The molecule has 2 saturated heterocycles. The van der Waals surface area contributed by atoms with E-state index in [0.29, 0.717) is 11.5 Å². The van der Waals surface area contributed by atoms with Crippen LogP contribution in [0.2, 0.25) is 0 Å². The molecule has 2 fully saturated rings. The topological polar surface area (TPSA) is 21.3 Å². The highest BCUT2D eigenvalue weighted by Gasteiger charge is 2.48. The van der Waals surface area contributed by atoms with Gasteiger partial charge >= 0.3 is 0 Å². The Labute approximate surface area is 93.8 Å². The molecular formula is C13H25NO. The second kappa shape index (κ2) is 4.42. The second-order valence-corrected chi connectivity index (χ2v) is 5.78. The molecule has 88 valence electrons. The van der Waals surface area contributed by atoms with Gasteiger partial charge in [0.05, 0.1) is 6.10 Å². The third kappa shape index (κ3) is 2.07. The second-order valence-electron chi connectivity index (χ2n) is 5.78. The first-order valence-corrected chi connectivity index (χ1v) is 6.47. The van der Waals surface area contributed by atoms with Crippen LogP contribution in [0.5, 0.6) is 0 Å². The Hall–Kier alpha value is -0.0800. The molecule has 15 heavy (non-hydrogen) atoms. The smallest absolute Gasteiger partial charge is 0.0607 e. The first kappa shape index (κ1) is 11.4. The molecule has 2 nitrogen and oxygen atoms in total. The molecule has 0 aromatic heterocycles. The third-order valence-electron chi connectivity index (χ3n) is 4.47. The lowest BCUT2D eigenvalue weighted by Gasteiger charge is -2.44. The van der Waals surface area contributed by atoms with Gasteiger partial charge in [-0.2, -0.15) is 0 Å². The standard InChI is InChI=1S/C13H25NO/c1-10(2)8-12-9-14-6-4-13(12)5-7-15-11(13)3/h10-12,14H,4-9H2,1-3H3. The molecule has 1 spiro atoms. The minimum absolute atomic E-state index is 0.475. The summed E-state index contributed by atoms with van der Waals surface area (Å²) in [6.07, 6.45) is 4.42. The van der Waals surface area contributed by atoms with Gasteiger partial charge in [-0.25, -0.2) is 0 Å². The number of rotatable bonds is 2. The molecular weight excluding hydrogens is 186 g/mol. The maximum atomic E-state index is 5.83. The molecule has 2 rings (SSSR count). The average molecular weight is 211 g/mol. The van der Waals surface area contributed by atoms with Crippen LogP contribution >= 0.6 is 0 Å². The summed E-state index contributed by atoms with van der Waals surface area (Å²) in [5.74, 6) is 1.63. The van der Waals surface area contributed by atoms with E-state index in [0.717, 1.165) is 18.4 Å². The van der Waals surface area contributed by atoms with Crippen molar-refractivity contribution in [2.24, 2.45) is 17.3 Å². The van der Waals surface area contributed by atoms with Gasteiger partial charge in [0.15, 0.2) is 0 Å². The summed E-state index contributed by atoms with van der Waals surface area (Å²) in [5.41, 5.74) is 0.496. The van der Waals surface area contributed by atoms with E-state index in [9.17, 15) is 0 Å². The molecule has 2 aliphatic rings. The van der Waals surface area contributed by atoms with Crippen molar-refractivity contribution in [2.75, 3.05) is 19.7 Å². The minimum atomic E-state index is 0.475.